The molecule has 25 heavy (non-hydrogen) atoms. The van der Waals surface area contributed by atoms with Crippen LogP contribution < -0.4 is 4.90 Å². The first-order chi connectivity index (χ1) is 11.7. The molecule has 1 saturated carbocycles. The zero-order valence-corrected chi connectivity index (χ0v) is 14.9. The van der Waals surface area contributed by atoms with E-state index in [0.29, 0.717) is 6.42 Å². The number of halogens is 2. The lowest BCUT2D eigenvalue weighted by molar-refractivity contribution is -0.121. The molecule has 1 unspecified atom stereocenters. The first kappa shape index (κ1) is 18.3. The Morgan fingerprint density at radius 2 is 1.92 bits per heavy atom. The minimum atomic E-state index is -3.60. The quantitative estimate of drug-likeness (QED) is 0.797. The molecule has 0 aromatic heterocycles. The average molecular weight is 372 g/mol. The molecule has 3 rings (SSSR count). The second-order valence-corrected chi connectivity index (χ2v) is 9.00. The van der Waals surface area contributed by atoms with Crippen molar-refractivity contribution in [3.05, 3.63) is 30.3 Å². The molecule has 1 amide bonds. The van der Waals surface area contributed by atoms with Gasteiger partial charge in [0.1, 0.15) is 0 Å². The van der Waals surface area contributed by atoms with E-state index in [9.17, 15) is 22.0 Å². The van der Waals surface area contributed by atoms with Crippen molar-refractivity contribution in [1.29, 1.82) is 0 Å². The smallest absolute Gasteiger partial charge is 0.248 e. The highest BCUT2D eigenvalue weighted by atomic mass is 32.2. The predicted molar refractivity (Wildman–Crippen MR) is 91.0 cm³/mol. The Bertz CT molecular complexity index is 732. The van der Waals surface area contributed by atoms with Crippen LogP contribution in [0, 0.1) is 11.8 Å². The van der Waals surface area contributed by atoms with Crippen molar-refractivity contribution in [2.24, 2.45) is 11.8 Å². The van der Waals surface area contributed by atoms with Gasteiger partial charge in [0, 0.05) is 38.7 Å². The fourth-order valence-corrected chi connectivity index (χ4v) is 5.37. The van der Waals surface area contributed by atoms with Crippen LogP contribution in [0.2, 0.25) is 0 Å². The number of nitrogens with zero attached hydrogens (tertiary/aromatic N) is 2. The van der Waals surface area contributed by atoms with Crippen LogP contribution >= 0.6 is 0 Å². The second-order valence-electron chi connectivity index (χ2n) is 6.99. The Labute approximate surface area is 146 Å². The summed E-state index contributed by atoms with van der Waals surface area (Å²) in [6.45, 7) is 0.395. The van der Waals surface area contributed by atoms with Crippen LogP contribution in [0.25, 0.3) is 0 Å². The molecule has 8 heteroatoms. The van der Waals surface area contributed by atoms with Gasteiger partial charge in [-0.1, -0.05) is 18.2 Å². The van der Waals surface area contributed by atoms with Crippen molar-refractivity contribution in [2.45, 2.75) is 25.2 Å². The van der Waals surface area contributed by atoms with Crippen LogP contribution in [0.1, 0.15) is 19.3 Å². The van der Waals surface area contributed by atoms with E-state index in [2.05, 4.69) is 0 Å². The minimum Gasteiger partial charge on any atom is -0.315 e. The number of benzene rings is 1. The van der Waals surface area contributed by atoms with E-state index in [0.717, 1.165) is 5.69 Å². The molecule has 0 N–H and O–H groups in total. The third-order valence-corrected chi connectivity index (χ3v) is 7.00. The van der Waals surface area contributed by atoms with E-state index in [1.54, 1.807) is 7.05 Å². The summed E-state index contributed by atoms with van der Waals surface area (Å²) in [7, 11) is -1.93. The molecular weight excluding hydrogens is 350 g/mol. The van der Waals surface area contributed by atoms with Crippen LogP contribution in [0.3, 0.4) is 0 Å². The third-order valence-electron chi connectivity index (χ3n) is 4.99. The minimum absolute atomic E-state index is 0.126. The lowest BCUT2D eigenvalue weighted by atomic mass is 9.83. The number of sulfonamides is 1. The molecule has 1 saturated heterocycles. The van der Waals surface area contributed by atoms with E-state index in [4.69, 9.17) is 0 Å². The van der Waals surface area contributed by atoms with E-state index >= 15 is 0 Å². The molecule has 1 heterocycles. The van der Waals surface area contributed by atoms with Crippen LogP contribution in [0.15, 0.2) is 30.3 Å². The van der Waals surface area contributed by atoms with E-state index < -0.39 is 27.8 Å². The molecule has 1 aromatic carbocycles. The van der Waals surface area contributed by atoms with Gasteiger partial charge < -0.3 is 4.90 Å². The fourth-order valence-electron chi connectivity index (χ4n) is 3.54. The SMILES string of the molecule is CN(C(=O)C1CCN(S(=O)(=O)CC2CC(F)(F)C2)C1)c1ccccc1. The maximum Gasteiger partial charge on any atom is 0.248 e. The Hall–Kier alpha value is -1.54. The highest BCUT2D eigenvalue weighted by molar-refractivity contribution is 7.89. The molecule has 0 radical (unpaired) electrons. The summed E-state index contributed by atoms with van der Waals surface area (Å²) in [5.41, 5.74) is 0.755. The summed E-state index contributed by atoms with van der Waals surface area (Å²) in [5.74, 6) is -3.98. The molecule has 0 bridgehead atoms. The number of amides is 1. The standard InChI is InChI=1S/C17H22F2N2O3S/c1-20(15-5-3-2-4-6-15)16(22)14-7-8-21(11-14)25(23,24)12-13-9-17(18,19)10-13/h2-6,13-14H,7-12H2,1H3. The maximum absolute atomic E-state index is 12.9. The largest absolute Gasteiger partial charge is 0.315 e. The summed E-state index contributed by atoms with van der Waals surface area (Å²) >= 11 is 0. The summed E-state index contributed by atoms with van der Waals surface area (Å²) in [5, 5.41) is 0. The van der Waals surface area contributed by atoms with Crippen molar-refractivity contribution < 1.29 is 22.0 Å². The third kappa shape index (κ3) is 4.00. The van der Waals surface area contributed by atoms with Gasteiger partial charge in [0.25, 0.3) is 0 Å². The van der Waals surface area contributed by atoms with Crippen molar-refractivity contribution in [2.75, 3.05) is 30.8 Å². The Kier molecular flexibility index (Phi) is 4.85. The van der Waals surface area contributed by atoms with Gasteiger partial charge in [0.2, 0.25) is 21.9 Å². The van der Waals surface area contributed by atoms with Gasteiger partial charge in [-0.15, -0.1) is 0 Å². The van der Waals surface area contributed by atoms with Gasteiger partial charge in [0.05, 0.1) is 11.7 Å². The predicted octanol–water partition coefficient (Wildman–Crippen LogP) is 2.35. The van der Waals surface area contributed by atoms with Crippen molar-refractivity contribution in [3.8, 4) is 0 Å². The number of alkyl halides is 2. The molecule has 2 fully saturated rings. The van der Waals surface area contributed by atoms with Gasteiger partial charge in [-0.25, -0.2) is 21.5 Å². The summed E-state index contributed by atoms with van der Waals surface area (Å²) in [6, 6.07) is 9.16. The average Bonchev–Trinajstić information content (AvgIpc) is 3.03. The van der Waals surface area contributed by atoms with Gasteiger partial charge >= 0.3 is 0 Å². The van der Waals surface area contributed by atoms with Gasteiger partial charge in [0.15, 0.2) is 0 Å². The number of carbonyl (C=O) groups is 1. The number of rotatable bonds is 5. The number of para-hydroxylation sites is 1. The Morgan fingerprint density at radius 1 is 1.28 bits per heavy atom. The van der Waals surface area contributed by atoms with E-state index in [1.807, 2.05) is 30.3 Å². The lowest BCUT2D eigenvalue weighted by Crippen LogP contribution is -2.43. The fraction of sp³-hybridized carbons (Fsp3) is 0.588. The maximum atomic E-state index is 12.9. The van der Waals surface area contributed by atoms with Crippen LogP contribution in [-0.4, -0.2) is 50.4 Å². The van der Waals surface area contributed by atoms with Gasteiger partial charge in [-0.3, -0.25) is 4.79 Å². The Morgan fingerprint density at radius 3 is 2.52 bits per heavy atom. The molecule has 5 nitrogen and oxygen atoms in total. The highest BCUT2D eigenvalue weighted by Gasteiger charge is 2.48. The number of hydrogen-bond acceptors (Lipinski definition) is 3. The molecule has 0 spiro atoms. The molecular formula is C17H22F2N2O3S. The summed E-state index contributed by atoms with van der Waals surface area (Å²) < 4.78 is 51.9. The number of hydrogen-bond donors (Lipinski definition) is 0. The summed E-state index contributed by atoms with van der Waals surface area (Å²) in [6.07, 6.45) is -0.269. The molecule has 2 aliphatic rings. The van der Waals surface area contributed by atoms with Crippen molar-refractivity contribution in [3.63, 3.8) is 0 Å². The first-order valence-electron chi connectivity index (χ1n) is 8.36. The van der Waals surface area contributed by atoms with Gasteiger partial charge in [-0.2, -0.15) is 0 Å². The molecule has 1 aliphatic heterocycles. The second kappa shape index (κ2) is 6.64. The normalized spacial score (nSPS) is 24.0. The number of carbonyl (C=O) groups excluding carboxylic acids is 1. The summed E-state index contributed by atoms with van der Waals surface area (Å²) in [4.78, 5) is 14.1. The van der Waals surface area contributed by atoms with Gasteiger partial charge in [-0.05, 0) is 24.5 Å². The molecule has 1 aliphatic carbocycles. The Balaban J connectivity index is 1.58. The lowest BCUT2D eigenvalue weighted by Gasteiger charge is -2.35. The van der Waals surface area contributed by atoms with Crippen molar-refractivity contribution in [1.82, 2.24) is 4.31 Å². The first-order valence-corrected chi connectivity index (χ1v) is 9.97. The van der Waals surface area contributed by atoms with Crippen molar-refractivity contribution >= 4 is 21.6 Å². The van der Waals surface area contributed by atoms with Crippen LogP contribution in [0.4, 0.5) is 14.5 Å². The molecule has 1 aromatic rings. The highest BCUT2D eigenvalue weighted by Crippen LogP contribution is 2.43. The van der Waals surface area contributed by atoms with E-state index in [1.165, 1.54) is 9.21 Å². The zero-order chi connectivity index (χ0) is 18.2. The van der Waals surface area contributed by atoms with Crippen LogP contribution in [0.5, 0.6) is 0 Å². The van der Waals surface area contributed by atoms with E-state index in [-0.39, 0.29) is 37.6 Å². The molecule has 138 valence electrons. The van der Waals surface area contributed by atoms with Crippen LogP contribution in [-0.2, 0) is 14.8 Å². The molecule has 1 atom stereocenters. The topological polar surface area (TPSA) is 57.7 Å². The zero-order valence-electron chi connectivity index (χ0n) is 14.1. The number of anilines is 1. The monoisotopic (exact) mass is 372 g/mol.